The molecule has 1 N–H and O–H groups in total. The number of nitrogens with zero attached hydrogens (tertiary/aromatic N) is 2. The third-order valence-corrected chi connectivity index (χ3v) is 4.63. The van der Waals surface area contributed by atoms with Crippen LogP contribution in [0.4, 0.5) is 5.82 Å². The number of pyridine rings is 1. The van der Waals surface area contributed by atoms with E-state index in [2.05, 4.69) is 27.3 Å². The number of halogens is 1. The Morgan fingerprint density at radius 3 is 2.64 bits per heavy atom. The van der Waals surface area contributed by atoms with E-state index in [-0.39, 0.29) is 12.4 Å². The van der Waals surface area contributed by atoms with Crippen molar-refractivity contribution in [1.82, 2.24) is 10.3 Å². The summed E-state index contributed by atoms with van der Waals surface area (Å²) in [6.07, 6.45) is 5.74. The fourth-order valence-corrected chi connectivity index (χ4v) is 3.42. The molecule has 2 aliphatic heterocycles. The van der Waals surface area contributed by atoms with E-state index in [4.69, 9.17) is 9.47 Å². The molecule has 25 heavy (non-hydrogen) atoms. The molecule has 0 atom stereocenters. The molecule has 0 spiro atoms. The minimum atomic E-state index is 0. The first-order valence-electron chi connectivity index (χ1n) is 8.69. The van der Waals surface area contributed by atoms with Gasteiger partial charge in [0.2, 0.25) is 6.79 Å². The Bertz CT molecular complexity index is 705. The number of piperidine rings is 1. The number of anilines is 1. The molecule has 3 heterocycles. The molecule has 6 heteroatoms. The summed E-state index contributed by atoms with van der Waals surface area (Å²) in [5, 5.41) is 3.52. The van der Waals surface area contributed by atoms with E-state index >= 15 is 0 Å². The summed E-state index contributed by atoms with van der Waals surface area (Å²) >= 11 is 0. The Morgan fingerprint density at radius 1 is 0.960 bits per heavy atom. The minimum Gasteiger partial charge on any atom is -0.454 e. The van der Waals surface area contributed by atoms with E-state index in [1.807, 2.05) is 24.4 Å². The number of hydrogen-bond acceptors (Lipinski definition) is 5. The molecule has 0 radical (unpaired) electrons. The average Bonchev–Trinajstić information content (AvgIpc) is 3.12. The van der Waals surface area contributed by atoms with Crippen molar-refractivity contribution >= 4 is 18.2 Å². The van der Waals surface area contributed by atoms with Crippen molar-refractivity contribution in [3.63, 3.8) is 0 Å². The molecular weight excluding hydrogens is 338 g/mol. The second-order valence-electron chi connectivity index (χ2n) is 6.29. The van der Waals surface area contributed by atoms with Crippen LogP contribution in [0, 0.1) is 0 Å². The highest BCUT2D eigenvalue weighted by atomic mass is 35.5. The number of hydrogen-bond donors (Lipinski definition) is 1. The van der Waals surface area contributed by atoms with Crippen molar-refractivity contribution in [3.8, 4) is 11.5 Å². The van der Waals surface area contributed by atoms with Gasteiger partial charge in [0.05, 0.1) is 0 Å². The molecule has 1 aromatic heterocycles. The largest absolute Gasteiger partial charge is 0.454 e. The molecule has 4 rings (SSSR count). The van der Waals surface area contributed by atoms with Crippen molar-refractivity contribution in [3.05, 3.63) is 47.7 Å². The van der Waals surface area contributed by atoms with Crippen LogP contribution in [-0.4, -0.2) is 24.9 Å². The Morgan fingerprint density at radius 2 is 1.76 bits per heavy atom. The molecule has 134 valence electrons. The highest BCUT2D eigenvalue weighted by molar-refractivity contribution is 5.85. The van der Waals surface area contributed by atoms with Crippen LogP contribution in [0.3, 0.4) is 0 Å². The molecule has 1 saturated heterocycles. The van der Waals surface area contributed by atoms with Gasteiger partial charge in [-0.15, -0.1) is 12.4 Å². The summed E-state index contributed by atoms with van der Waals surface area (Å²) in [5.74, 6) is 2.83. The predicted molar refractivity (Wildman–Crippen MR) is 101 cm³/mol. The van der Waals surface area contributed by atoms with E-state index in [0.29, 0.717) is 6.79 Å². The average molecular weight is 362 g/mol. The number of fused-ring (bicyclic) bond motifs is 1. The normalized spacial score (nSPS) is 15.8. The first-order chi connectivity index (χ1) is 11.9. The van der Waals surface area contributed by atoms with Crippen LogP contribution in [0.1, 0.15) is 30.4 Å². The lowest BCUT2D eigenvalue weighted by Gasteiger charge is -2.29. The van der Waals surface area contributed by atoms with E-state index in [1.165, 1.54) is 24.8 Å². The maximum absolute atomic E-state index is 5.57. The van der Waals surface area contributed by atoms with E-state index in [1.54, 1.807) is 0 Å². The summed E-state index contributed by atoms with van der Waals surface area (Å²) in [4.78, 5) is 7.04. The SMILES string of the molecule is Cl.c1cnc(N2CCCCC2)c(CNCc2cccc3c2OCO3)c1. The molecule has 5 nitrogen and oxygen atoms in total. The second-order valence-corrected chi connectivity index (χ2v) is 6.29. The number of aromatic nitrogens is 1. The van der Waals surface area contributed by atoms with Crippen LogP contribution in [0.15, 0.2) is 36.5 Å². The number of rotatable bonds is 5. The van der Waals surface area contributed by atoms with Gasteiger partial charge in [0, 0.05) is 43.5 Å². The predicted octanol–water partition coefficient (Wildman–Crippen LogP) is 3.51. The lowest BCUT2D eigenvalue weighted by molar-refractivity contribution is 0.173. The standard InChI is InChI=1S/C19H23N3O2.ClH/c1-2-10-22(11-3-1)19-16(7-5-9-21-19)13-20-12-15-6-4-8-17-18(15)24-14-23-17;/h4-9,20H,1-3,10-14H2;1H. The van der Waals surface area contributed by atoms with Gasteiger partial charge in [0.1, 0.15) is 5.82 Å². The lowest BCUT2D eigenvalue weighted by Crippen LogP contribution is -2.31. The fourth-order valence-electron chi connectivity index (χ4n) is 3.42. The summed E-state index contributed by atoms with van der Waals surface area (Å²) in [6.45, 7) is 4.09. The zero-order chi connectivity index (χ0) is 16.2. The molecule has 1 fully saturated rings. The Labute approximate surface area is 154 Å². The van der Waals surface area contributed by atoms with Gasteiger partial charge in [0.15, 0.2) is 11.5 Å². The van der Waals surface area contributed by atoms with Crippen LogP contribution in [0.2, 0.25) is 0 Å². The van der Waals surface area contributed by atoms with Gasteiger partial charge in [-0.25, -0.2) is 4.98 Å². The maximum atomic E-state index is 5.57. The Balaban J connectivity index is 0.00000182. The molecule has 0 saturated carbocycles. The smallest absolute Gasteiger partial charge is 0.231 e. The lowest BCUT2D eigenvalue weighted by atomic mass is 10.1. The summed E-state index contributed by atoms with van der Waals surface area (Å²) in [5.41, 5.74) is 2.39. The second kappa shape index (κ2) is 8.41. The van der Waals surface area contributed by atoms with Crippen molar-refractivity contribution in [2.45, 2.75) is 32.4 Å². The summed E-state index contributed by atoms with van der Waals surface area (Å²) < 4.78 is 11.0. The first-order valence-corrected chi connectivity index (χ1v) is 8.69. The van der Waals surface area contributed by atoms with Gasteiger partial charge < -0.3 is 19.7 Å². The van der Waals surface area contributed by atoms with E-state index in [9.17, 15) is 0 Å². The molecule has 2 aromatic rings. The van der Waals surface area contributed by atoms with Gasteiger partial charge in [-0.2, -0.15) is 0 Å². The highest BCUT2D eigenvalue weighted by Crippen LogP contribution is 2.35. The van der Waals surface area contributed by atoms with E-state index < -0.39 is 0 Å². The minimum absolute atomic E-state index is 0. The molecule has 0 amide bonds. The third kappa shape index (κ3) is 3.99. The van der Waals surface area contributed by atoms with Crippen molar-refractivity contribution in [2.24, 2.45) is 0 Å². The first kappa shape index (κ1) is 17.8. The van der Waals surface area contributed by atoms with Gasteiger partial charge in [-0.05, 0) is 31.4 Å². The molecular formula is C19H24ClN3O2. The molecule has 1 aromatic carbocycles. The van der Waals surface area contributed by atoms with Crippen LogP contribution >= 0.6 is 12.4 Å². The Kier molecular flexibility index (Phi) is 6.00. The maximum Gasteiger partial charge on any atom is 0.231 e. The Hall–Kier alpha value is -1.98. The van der Waals surface area contributed by atoms with Gasteiger partial charge in [-0.3, -0.25) is 0 Å². The molecule has 2 aliphatic rings. The van der Waals surface area contributed by atoms with E-state index in [0.717, 1.165) is 49.1 Å². The molecule has 0 bridgehead atoms. The third-order valence-electron chi connectivity index (χ3n) is 4.63. The van der Waals surface area contributed by atoms with Crippen LogP contribution < -0.4 is 19.7 Å². The zero-order valence-electron chi connectivity index (χ0n) is 14.2. The highest BCUT2D eigenvalue weighted by Gasteiger charge is 2.18. The summed E-state index contributed by atoms with van der Waals surface area (Å²) in [7, 11) is 0. The number of benzene rings is 1. The van der Waals surface area contributed by atoms with Crippen molar-refractivity contribution in [1.29, 1.82) is 0 Å². The van der Waals surface area contributed by atoms with Crippen LogP contribution in [0.5, 0.6) is 11.5 Å². The monoisotopic (exact) mass is 361 g/mol. The fraction of sp³-hybridized carbons (Fsp3) is 0.421. The number of ether oxygens (including phenoxy) is 2. The van der Waals surface area contributed by atoms with Gasteiger partial charge in [0.25, 0.3) is 0 Å². The van der Waals surface area contributed by atoms with Crippen molar-refractivity contribution < 1.29 is 9.47 Å². The van der Waals surface area contributed by atoms with Crippen molar-refractivity contribution in [2.75, 3.05) is 24.8 Å². The van der Waals surface area contributed by atoms with Gasteiger partial charge >= 0.3 is 0 Å². The molecule has 0 aliphatic carbocycles. The quantitative estimate of drug-likeness (QED) is 0.883. The van der Waals surface area contributed by atoms with Gasteiger partial charge in [-0.1, -0.05) is 18.2 Å². The van der Waals surface area contributed by atoms with Crippen LogP contribution in [0.25, 0.3) is 0 Å². The van der Waals surface area contributed by atoms with Crippen LogP contribution in [-0.2, 0) is 13.1 Å². The number of para-hydroxylation sites is 1. The summed E-state index contributed by atoms with van der Waals surface area (Å²) in [6, 6.07) is 10.2. The topological polar surface area (TPSA) is 46.6 Å². The molecule has 0 unspecified atom stereocenters. The zero-order valence-corrected chi connectivity index (χ0v) is 15.1. The number of nitrogens with one attached hydrogen (secondary N) is 1.